The number of nitrogens with zero attached hydrogens (tertiary/aromatic N) is 3. The first kappa shape index (κ1) is 18.7. The molecule has 0 amide bonds. The van der Waals surface area contributed by atoms with Gasteiger partial charge in [-0.2, -0.15) is 5.26 Å². The molecule has 0 fully saturated rings. The van der Waals surface area contributed by atoms with Crippen molar-refractivity contribution in [3.05, 3.63) is 70.9 Å². The second kappa shape index (κ2) is 7.42. The van der Waals surface area contributed by atoms with Crippen molar-refractivity contribution >= 4 is 28.3 Å². The van der Waals surface area contributed by atoms with E-state index >= 15 is 0 Å². The van der Waals surface area contributed by atoms with Crippen molar-refractivity contribution in [1.29, 1.82) is 5.26 Å². The fourth-order valence-electron chi connectivity index (χ4n) is 3.37. The number of nitriles is 1. The van der Waals surface area contributed by atoms with Crippen molar-refractivity contribution in [3.8, 4) is 34.2 Å². The summed E-state index contributed by atoms with van der Waals surface area (Å²) < 4.78 is 0. The third-order valence-corrected chi connectivity index (χ3v) is 5.10. The molecule has 0 saturated carbocycles. The van der Waals surface area contributed by atoms with Crippen molar-refractivity contribution in [2.45, 2.75) is 13.3 Å². The Morgan fingerprint density at radius 1 is 1.03 bits per heavy atom. The molecule has 0 radical (unpaired) electrons. The molecule has 2 heterocycles. The predicted octanol–water partition coefficient (Wildman–Crippen LogP) is 5.28. The van der Waals surface area contributed by atoms with Gasteiger partial charge in [0.05, 0.1) is 23.7 Å². The maximum Gasteiger partial charge on any atom is 0.137 e. The van der Waals surface area contributed by atoms with Gasteiger partial charge >= 0.3 is 0 Å². The summed E-state index contributed by atoms with van der Waals surface area (Å²) in [7, 11) is 0. The number of rotatable bonds is 3. The molecule has 0 aliphatic carbocycles. The molecule has 6 heteroatoms. The van der Waals surface area contributed by atoms with Crippen LogP contribution in [0.15, 0.2) is 54.6 Å². The summed E-state index contributed by atoms with van der Waals surface area (Å²) in [5.41, 5.74) is 11.1. The smallest absolute Gasteiger partial charge is 0.137 e. The first-order chi connectivity index (χ1) is 14.0. The minimum atomic E-state index is 0.0808. The van der Waals surface area contributed by atoms with Crippen LogP contribution in [0.3, 0.4) is 0 Å². The highest BCUT2D eigenvalue weighted by Gasteiger charge is 2.18. The summed E-state index contributed by atoms with van der Waals surface area (Å²) in [5.74, 6) is 0.318. The number of nitrogens with two attached hydrogens (primary N) is 1. The molecule has 0 aliphatic heterocycles. The fourth-order valence-corrected chi connectivity index (χ4v) is 3.61. The molecule has 0 atom stereocenters. The zero-order chi connectivity index (χ0) is 20.5. The van der Waals surface area contributed by atoms with E-state index in [1.807, 2.05) is 37.3 Å². The quantitative estimate of drug-likeness (QED) is 0.456. The van der Waals surface area contributed by atoms with Crippen LogP contribution >= 0.6 is 11.6 Å². The van der Waals surface area contributed by atoms with Gasteiger partial charge in [0.1, 0.15) is 16.7 Å². The fraction of sp³-hybridized carbons (Fsp3) is 0.0870. The van der Waals surface area contributed by atoms with E-state index in [1.54, 1.807) is 24.3 Å². The number of aromatic nitrogens is 2. The average Bonchev–Trinajstić information content (AvgIpc) is 2.69. The molecule has 4 aromatic rings. The minimum Gasteiger partial charge on any atom is -0.507 e. The van der Waals surface area contributed by atoms with Gasteiger partial charge < -0.3 is 10.8 Å². The van der Waals surface area contributed by atoms with Crippen LogP contribution in [-0.4, -0.2) is 15.1 Å². The molecule has 4 rings (SSSR count). The topological polar surface area (TPSA) is 95.8 Å². The molecule has 0 bridgehead atoms. The van der Waals surface area contributed by atoms with Crippen molar-refractivity contribution in [2.75, 3.05) is 5.73 Å². The highest BCUT2D eigenvalue weighted by molar-refractivity contribution is 6.32. The SMILES string of the molecule is Cc1ccc2cc(-c3cc(-c4ccccc4O)nc(N)c3CC#N)c(Cl)nc2c1. The number of phenols is 1. The Morgan fingerprint density at radius 2 is 1.83 bits per heavy atom. The van der Waals surface area contributed by atoms with Crippen LogP contribution in [0.5, 0.6) is 5.75 Å². The Kier molecular flexibility index (Phi) is 4.79. The van der Waals surface area contributed by atoms with Crippen LogP contribution < -0.4 is 5.73 Å². The number of aryl methyl sites for hydroxylation is 1. The zero-order valence-electron chi connectivity index (χ0n) is 15.6. The lowest BCUT2D eigenvalue weighted by Crippen LogP contribution is -2.03. The summed E-state index contributed by atoms with van der Waals surface area (Å²) in [6, 6.07) is 18.7. The minimum absolute atomic E-state index is 0.0808. The number of benzene rings is 2. The summed E-state index contributed by atoms with van der Waals surface area (Å²) in [5, 5.41) is 20.8. The van der Waals surface area contributed by atoms with Crippen molar-refractivity contribution in [2.24, 2.45) is 0 Å². The molecule has 0 saturated heterocycles. The van der Waals surface area contributed by atoms with E-state index in [9.17, 15) is 10.4 Å². The standard InChI is InChI=1S/C23H17ClN4O/c1-13-6-7-14-11-18(22(24)27-19(14)10-13)17-12-20(16-4-2-3-5-21(16)29)28-23(26)15(17)8-9-25/h2-7,10-12,29H,8H2,1H3,(H2,26,28). The van der Waals surface area contributed by atoms with E-state index in [-0.39, 0.29) is 18.0 Å². The molecule has 29 heavy (non-hydrogen) atoms. The van der Waals surface area contributed by atoms with Crippen LogP contribution in [0.4, 0.5) is 5.82 Å². The molecule has 2 aromatic carbocycles. The van der Waals surface area contributed by atoms with Gasteiger partial charge in [0.2, 0.25) is 0 Å². The molecule has 142 valence electrons. The lowest BCUT2D eigenvalue weighted by Gasteiger charge is -2.15. The van der Waals surface area contributed by atoms with Gasteiger partial charge in [-0.15, -0.1) is 0 Å². The van der Waals surface area contributed by atoms with Gasteiger partial charge in [-0.3, -0.25) is 0 Å². The number of fused-ring (bicyclic) bond motifs is 1. The molecular weight excluding hydrogens is 384 g/mol. The van der Waals surface area contributed by atoms with Crippen LogP contribution in [-0.2, 0) is 6.42 Å². The molecule has 0 spiro atoms. The van der Waals surface area contributed by atoms with Gasteiger partial charge in [-0.05, 0) is 48.4 Å². The normalized spacial score (nSPS) is 10.8. The number of halogens is 1. The van der Waals surface area contributed by atoms with Crippen LogP contribution in [0.2, 0.25) is 5.15 Å². The summed E-state index contributed by atoms with van der Waals surface area (Å²) in [6.07, 6.45) is 0.0808. The van der Waals surface area contributed by atoms with Crippen LogP contribution in [0.25, 0.3) is 33.3 Å². The highest BCUT2D eigenvalue weighted by Crippen LogP contribution is 2.38. The van der Waals surface area contributed by atoms with Gasteiger partial charge in [0, 0.05) is 22.1 Å². The highest BCUT2D eigenvalue weighted by atomic mass is 35.5. The first-order valence-corrected chi connectivity index (χ1v) is 9.37. The Morgan fingerprint density at radius 3 is 2.59 bits per heavy atom. The second-order valence-electron chi connectivity index (χ2n) is 6.79. The van der Waals surface area contributed by atoms with Crippen molar-refractivity contribution in [1.82, 2.24) is 9.97 Å². The number of para-hydroxylation sites is 1. The number of anilines is 1. The monoisotopic (exact) mass is 400 g/mol. The van der Waals surface area contributed by atoms with Crippen LogP contribution in [0, 0.1) is 18.3 Å². The molecule has 5 nitrogen and oxygen atoms in total. The predicted molar refractivity (Wildman–Crippen MR) is 116 cm³/mol. The van der Waals surface area contributed by atoms with E-state index in [1.165, 1.54) is 0 Å². The zero-order valence-corrected chi connectivity index (χ0v) is 16.4. The third-order valence-electron chi connectivity index (χ3n) is 4.81. The summed E-state index contributed by atoms with van der Waals surface area (Å²) in [4.78, 5) is 8.95. The maximum atomic E-state index is 10.2. The lowest BCUT2D eigenvalue weighted by atomic mass is 9.96. The number of aromatic hydroxyl groups is 1. The largest absolute Gasteiger partial charge is 0.507 e. The average molecular weight is 401 g/mol. The van der Waals surface area contributed by atoms with Gasteiger partial charge in [0.15, 0.2) is 0 Å². The lowest BCUT2D eigenvalue weighted by molar-refractivity contribution is 0.477. The number of hydrogen-bond acceptors (Lipinski definition) is 5. The van der Waals surface area contributed by atoms with E-state index in [0.29, 0.717) is 33.1 Å². The van der Waals surface area contributed by atoms with Gasteiger partial charge in [0.25, 0.3) is 0 Å². The Balaban J connectivity index is 2.00. The number of hydrogen-bond donors (Lipinski definition) is 2. The third kappa shape index (κ3) is 3.46. The Hall–Kier alpha value is -3.62. The number of pyridine rings is 2. The second-order valence-corrected chi connectivity index (χ2v) is 7.15. The molecule has 2 aromatic heterocycles. The Labute approximate surface area is 173 Å². The maximum absolute atomic E-state index is 10.2. The van der Waals surface area contributed by atoms with Gasteiger partial charge in [-0.25, -0.2) is 9.97 Å². The molecule has 0 unspecified atom stereocenters. The number of phenolic OH excluding ortho intramolecular Hbond substituents is 1. The molecule has 3 N–H and O–H groups in total. The van der Waals surface area contributed by atoms with E-state index < -0.39 is 0 Å². The van der Waals surface area contributed by atoms with Crippen LogP contribution in [0.1, 0.15) is 11.1 Å². The first-order valence-electron chi connectivity index (χ1n) is 9.00. The van der Waals surface area contributed by atoms with Gasteiger partial charge in [-0.1, -0.05) is 35.9 Å². The van der Waals surface area contributed by atoms with E-state index in [4.69, 9.17) is 17.3 Å². The summed E-state index contributed by atoms with van der Waals surface area (Å²) in [6.45, 7) is 2.00. The molecular formula is C23H17ClN4O. The van der Waals surface area contributed by atoms with Crippen molar-refractivity contribution in [3.63, 3.8) is 0 Å². The van der Waals surface area contributed by atoms with E-state index in [0.717, 1.165) is 16.5 Å². The Bertz CT molecular complexity index is 1290. The summed E-state index contributed by atoms with van der Waals surface area (Å²) >= 11 is 6.54. The number of nitrogen functional groups attached to an aromatic ring is 1. The van der Waals surface area contributed by atoms with Crippen molar-refractivity contribution < 1.29 is 5.11 Å². The van der Waals surface area contributed by atoms with E-state index in [2.05, 4.69) is 16.0 Å². The molecule has 0 aliphatic rings.